The number of fused-ring (bicyclic) bond motifs is 1. The monoisotopic (exact) mass is 407 g/mol. The first-order valence-electron chi connectivity index (χ1n) is 10.8. The number of carbonyl (C=O) groups excluding carboxylic acids is 1. The van der Waals surface area contributed by atoms with Gasteiger partial charge in [-0.15, -0.1) is 0 Å². The van der Waals surface area contributed by atoms with Crippen molar-refractivity contribution >= 4 is 34.1 Å². The molecule has 1 aliphatic rings. The summed E-state index contributed by atoms with van der Waals surface area (Å²) in [5.74, 6) is 0. The number of aryl methyl sites for hydroxylation is 2. The standard InChI is InChI=1S/C23H29N5O2/c1-3-27-20-15-18(25-22(29)24-17-11-7-5-8-12-17)19(26-13-9-6-10-14-26)16-21(20)28(4-2)23(27)30/h5,7-8,11-12,15-16H,3-4,6,9-10,13-14H2,1-2H3,(H2,24,25,29). The fourth-order valence-electron chi connectivity index (χ4n) is 4.26. The van der Waals surface area contributed by atoms with Crippen LogP contribution in [0.15, 0.2) is 47.3 Å². The maximum Gasteiger partial charge on any atom is 0.329 e. The highest BCUT2D eigenvalue weighted by molar-refractivity contribution is 6.04. The number of anilines is 3. The van der Waals surface area contributed by atoms with Gasteiger partial charge in [0.2, 0.25) is 0 Å². The van der Waals surface area contributed by atoms with Gasteiger partial charge in [-0.2, -0.15) is 0 Å². The second-order valence-electron chi connectivity index (χ2n) is 7.62. The van der Waals surface area contributed by atoms with Crippen molar-refractivity contribution in [3.63, 3.8) is 0 Å². The summed E-state index contributed by atoms with van der Waals surface area (Å²) in [6, 6.07) is 13.1. The van der Waals surface area contributed by atoms with E-state index < -0.39 is 0 Å². The van der Waals surface area contributed by atoms with Gasteiger partial charge in [-0.1, -0.05) is 18.2 Å². The first-order valence-corrected chi connectivity index (χ1v) is 10.8. The molecule has 1 fully saturated rings. The van der Waals surface area contributed by atoms with Crippen molar-refractivity contribution in [2.75, 3.05) is 28.6 Å². The maximum absolute atomic E-state index is 12.8. The fraction of sp³-hybridized carbons (Fsp3) is 0.391. The summed E-state index contributed by atoms with van der Waals surface area (Å²) < 4.78 is 3.57. The number of amides is 2. The number of rotatable bonds is 5. The molecular weight excluding hydrogens is 378 g/mol. The number of hydrogen-bond donors (Lipinski definition) is 2. The summed E-state index contributed by atoms with van der Waals surface area (Å²) >= 11 is 0. The third-order valence-corrected chi connectivity index (χ3v) is 5.75. The number of hydrogen-bond acceptors (Lipinski definition) is 3. The van der Waals surface area contributed by atoms with Gasteiger partial charge in [-0.05, 0) is 57.4 Å². The Kier molecular flexibility index (Phi) is 5.79. The van der Waals surface area contributed by atoms with E-state index in [0.717, 1.165) is 54.0 Å². The summed E-state index contributed by atoms with van der Waals surface area (Å²) in [6.45, 7) is 7.05. The molecule has 3 aromatic rings. The minimum atomic E-state index is -0.292. The second kappa shape index (κ2) is 8.65. The number of urea groups is 1. The molecule has 7 nitrogen and oxygen atoms in total. The van der Waals surface area contributed by atoms with Gasteiger partial charge in [0, 0.05) is 31.9 Å². The third kappa shape index (κ3) is 3.79. The van der Waals surface area contributed by atoms with E-state index in [0.29, 0.717) is 13.1 Å². The Hall–Kier alpha value is -3.22. The van der Waals surface area contributed by atoms with Crippen molar-refractivity contribution in [1.29, 1.82) is 0 Å². The van der Waals surface area contributed by atoms with Gasteiger partial charge in [0.05, 0.1) is 22.4 Å². The molecule has 0 radical (unpaired) electrons. The number of piperidine rings is 1. The highest BCUT2D eigenvalue weighted by atomic mass is 16.2. The van der Waals surface area contributed by atoms with Crippen LogP contribution in [-0.2, 0) is 13.1 Å². The number of para-hydroxylation sites is 1. The van der Waals surface area contributed by atoms with Crippen LogP contribution in [0.5, 0.6) is 0 Å². The molecule has 4 rings (SSSR count). The Morgan fingerprint density at radius 3 is 2.17 bits per heavy atom. The van der Waals surface area contributed by atoms with Crippen LogP contribution in [0.1, 0.15) is 33.1 Å². The predicted molar refractivity (Wildman–Crippen MR) is 123 cm³/mol. The van der Waals surface area contributed by atoms with Crippen LogP contribution in [-0.4, -0.2) is 28.3 Å². The van der Waals surface area contributed by atoms with E-state index in [9.17, 15) is 9.59 Å². The van der Waals surface area contributed by atoms with Crippen molar-refractivity contribution in [1.82, 2.24) is 9.13 Å². The molecule has 1 aromatic heterocycles. The fourth-order valence-corrected chi connectivity index (χ4v) is 4.26. The van der Waals surface area contributed by atoms with E-state index in [-0.39, 0.29) is 11.7 Å². The van der Waals surface area contributed by atoms with Gasteiger partial charge in [0.15, 0.2) is 0 Å². The van der Waals surface area contributed by atoms with Crippen LogP contribution in [0.4, 0.5) is 21.9 Å². The van der Waals surface area contributed by atoms with Crippen molar-refractivity contribution in [2.24, 2.45) is 0 Å². The first kappa shape index (κ1) is 20.1. The number of imidazole rings is 1. The molecule has 0 atom stereocenters. The van der Waals surface area contributed by atoms with E-state index in [1.54, 1.807) is 9.13 Å². The van der Waals surface area contributed by atoms with Crippen LogP contribution in [0.25, 0.3) is 11.0 Å². The lowest BCUT2D eigenvalue weighted by atomic mass is 10.1. The topological polar surface area (TPSA) is 71.3 Å². The molecule has 7 heteroatoms. The minimum Gasteiger partial charge on any atom is -0.370 e. The Morgan fingerprint density at radius 1 is 0.900 bits per heavy atom. The van der Waals surface area contributed by atoms with Crippen LogP contribution >= 0.6 is 0 Å². The van der Waals surface area contributed by atoms with Crippen molar-refractivity contribution in [3.8, 4) is 0 Å². The van der Waals surface area contributed by atoms with E-state index in [1.165, 1.54) is 6.42 Å². The SMILES string of the molecule is CCn1c(=O)n(CC)c2cc(N3CCCCC3)c(NC(=O)Nc3ccccc3)cc21. The van der Waals surface area contributed by atoms with Crippen LogP contribution in [0.2, 0.25) is 0 Å². The molecule has 2 heterocycles. The highest BCUT2D eigenvalue weighted by Gasteiger charge is 2.20. The maximum atomic E-state index is 12.8. The summed E-state index contributed by atoms with van der Waals surface area (Å²) in [4.78, 5) is 27.9. The molecule has 2 N–H and O–H groups in total. The minimum absolute atomic E-state index is 0.00881. The van der Waals surface area contributed by atoms with E-state index >= 15 is 0 Å². The molecule has 0 aliphatic carbocycles. The van der Waals surface area contributed by atoms with Crippen LogP contribution in [0, 0.1) is 0 Å². The Labute approximate surface area is 176 Å². The molecule has 0 unspecified atom stereocenters. The Morgan fingerprint density at radius 2 is 1.53 bits per heavy atom. The lowest BCUT2D eigenvalue weighted by Gasteiger charge is -2.30. The lowest BCUT2D eigenvalue weighted by Crippen LogP contribution is -2.31. The molecule has 30 heavy (non-hydrogen) atoms. The normalized spacial score (nSPS) is 14.1. The summed E-state index contributed by atoms with van der Waals surface area (Å²) in [7, 11) is 0. The molecule has 1 saturated heterocycles. The molecule has 158 valence electrons. The number of nitrogens with one attached hydrogen (secondary N) is 2. The number of carbonyl (C=O) groups is 1. The Balaban J connectivity index is 1.77. The lowest BCUT2D eigenvalue weighted by molar-refractivity contribution is 0.262. The summed E-state index contributed by atoms with van der Waals surface area (Å²) in [5, 5.41) is 5.91. The molecular formula is C23H29N5O2. The second-order valence-corrected chi connectivity index (χ2v) is 7.62. The summed E-state index contributed by atoms with van der Waals surface area (Å²) in [5.41, 5.74) is 4.19. The third-order valence-electron chi connectivity index (χ3n) is 5.75. The van der Waals surface area contributed by atoms with Crippen LogP contribution in [0.3, 0.4) is 0 Å². The molecule has 2 aromatic carbocycles. The van der Waals surface area contributed by atoms with Crippen LogP contribution < -0.4 is 21.2 Å². The van der Waals surface area contributed by atoms with Gasteiger partial charge >= 0.3 is 11.7 Å². The Bertz CT molecular complexity index is 1090. The zero-order valence-electron chi connectivity index (χ0n) is 17.6. The zero-order chi connectivity index (χ0) is 21.1. The molecule has 0 bridgehead atoms. The smallest absolute Gasteiger partial charge is 0.329 e. The van der Waals surface area contributed by atoms with Crippen molar-refractivity contribution in [3.05, 3.63) is 52.9 Å². The van der Waals surface area contributed by atoms with Crippen molar-refractivity contribution in [2.45, 2.75) is 46.2 Å². The van der Waals surface area contributed by atoms with E-state index in [4.69, 9.17) is 0 Å². The molecule has 0 spiro atoms. The predicted octanol–water partition coefficient (Wildman–Crippen LogP) is 4.48. The van der Waals surface area contributed by atoms with Gasteiger partial charge in [0.1, 0.15) is 0 Å². The van der Waals surface area contributed by atoms with Gasteiger partial charge in [-0.3, -0.25) is 9.13 Å². The number of aromatic nitrogens is 2. The van der Waals surface area contributed by atoms with E-state index in [2.05, 4.69) is 21.6 Å². The molecule has 2 amide bonds. The quantitative estimate of drug-likeness (QED) is 0.655. The molecule has 1 aliphatic heterocycles. The molecule has 0 saturated carbocycles. The van der Waals surface area contributed by atoms with Gasteiger partial charge < -0.3 is 15.5 Å². The zero-order valence-corrected chi connectivity index (χ0v) is 17.6. The largest absolute Gasteiger partial charge is 0.370 e. The number of benzene rings is 2. The summed E-state index contributed by atoms with van der Waals surface area (Å²) in [6.07, 6.45) is 3.48. The van der Waals surface area contributed by atoms with E-state index in [1.807, 2.05) is 50.2 Å². The average molecular weight is 408 g/mol. The van der Waals surface area contributed by atoms with Gasteiger partial charge in [0.25, 0.3) is 0 Å². The first-order chi connectivity index (χ1) is 14.6. The highest BCUT2D eigenvalue weighted by Crippen LogP contribution is 2.33. The average Bonchev–Trinajstić information content (AvgIpc) is 3.03. The van der Waals surface area contributed by atoms with Gasteiger partial charge in [-0.25, -0.2) is 9.59 Å². The van der Waals surface area contributed by atoms with Crippen molar-refractivity contribution < 1.29 is 4.79 Å². The number of nitrogens with zero attached hydrogens (tertiary/aromatic N) is 3.